The van der Waals surface area contributed by atoms with Gasteiger partial charge in [-0.05, 0) is 56.5 Å². The van der Waals surface area contributed by atoms with E-state index < -0.39 is 0 Å². The number of hydrogen-bond acceptors (Lipinski definition) is 3. The van der Waals surface area contributed by atoms with Gasteiger partial charge in [-0.15, -0.1) is 0 Å². The van der Waals surface area contributed by atoms with E-state index in [1.807, 2.05) is 24.4 Å². The largest absolute Gasteiger partial charge is 0.487 e. The molecular formula is C18H24N2O. The van der Waals surface area contributed by atoms with Crippen molar-refractivity contribution in [3.8, 4) is 5.75 Å². The second-order valence-corrected chi connectivity index (χ2v) is 6.32. The van der Waals surface area contributed by atoms with Crippen LogP contribution in [0.2, 0.25) is 0 Å². The second-order valence-electron chi connectivity index (χ2n) is 6.32. The number of nitrogens with one attached hydrogen (secondary N) is 1. The van der Waals surface area contributed by atoms with Crippen LogP contribution in [-0.4, -0.2) is 23.2 Å². The van der Waals surface area contributed by atoms with E-state index in [0.717, 1.165) is 42.5 Å². The third kappa shape index (κ3) is 3.18. The summed E-state index contributed by atoms with van der Waals surface area (Å²) in [6.45, 7) is 5.38. The molecule has 0 radical (unpaired) electrons. The lowest BCUT2D eigenvalue weighted by Gasteiger charge is -2.42. The van der Waals surface area contributed by atoms with E-state index in [-0.39, 0.29) is 5.60 Å². The molecule has 0 spiro atoms. The highest BCUT2D eigenvalue weighted by Crippen LogP contribution is 2.40. The summed E-state index contributed by atoms with van der Waals surface area (Å²) < 4.78 is 6.45. The molecule has 3 heteroatoms. The Hall–Kier alpha value is -1.61. The highest BCUT2D eigenvalue weighted by Gasteiger charge is 2.39. The van der Waals surface area contributed by atoms with Gasteiger partial charge in [0.1, 0.15) is 11.4 Å². The summed E-state index contributed by atoms with van der Waals surface area (Å²) in [7, 11) is 0. The van der Waals surface area contributed by atoms with Crippen LogP contribution in [0.5, 0.6) is 5.75 Å². The van der Waals surface area contributed by atoms with Crippen molar-refractivity contribution in [3.63, 3.8) is 0 Å². The van der Waals surface area contributed by atoms with E-state index >= 15 is 0 Å². The molecule has 1 fully saturated rings. The molecule has 2 aromatic rings. The lowest BCUT2D eigenvalue weighted by Crippen LogP contribution is -2.46. The summed E-state index contributed by atoms with van der Waals surface area (Å²) in [6.07, 6.45) is 6.48. The first kappa shape index (κ1) is 14.3. The summed E-state index contributed by atoms with van der Waals surface area (Å²) in [5.41, 5.74) is 1.02. The Kier molecular flexibility index (Phi) is 4.11. The molecule has 0 saturated heterocycles. The zero-order valence-electron chi connectivity index (χ0n) is 12.9. The standard InChI is InChI=1S/C18H24N2O/c1-14(2)19-13-11-18(9-5-10-18)21-17-8-3-7-16-15(17)6-4-12-20-16/h3-4,6-8,12,14,19H,5,9-11,13H2,1-2H3. The van der Waals surface area contributed by atoms with Gasteiger partial charge in [0, 0.05) is 17.6 Å². The fourth-order valence-corrected chi connectivity index (χ4v) is 2.96. The van der Waals surface area contributed by atoms with E-state index in [9.17, 15) is 0 Å². The van der Waals surface area contributed by atoms with Crippen molar-refractivity contribution in [2.24, 2.45) is 0 Å². The van der Waals surface area contributed by atoms with Gasteiger partial charge < -0.3 is 10.1 Å². The van der Waals surface area contributed by atoms with Crippen LogP contribution in [0.15, 0.2) is 36.5 Å². The lowest BCUT2D eigenvalue weighted by atomic mass is 9.77. The minimum atomic E-state index is 0.0199. The molecule has 21 heavy (non-hydrogen) atoms. The molecule has 0 atom stereocenters. The molecule has 0 unspecified atom stereocenters. The molecule has 3 nitrogen and oxygen atoms in total. The first-order valence-electron chi connectivity index (χ1n) is 7.95. The van der Waals surface area contributed by atoms with Crippen LogP contribution in [0, 0.1) is 0 Å². The zero-order chi connectivity index (χ0) is 14.7. The number of rotatable bonds is 6. The van der Waals surface area contributed by atoms with E-state index in [2.05, 4.69) is 36.3 Å². The van der Waals surface area contributed by atoms with E-state index in [4.69, 9.17) is 4.74 Å². The normalized spacial score (nSPS) is 16.9. The summed E-state index contributed by atoms with van der Waals surface area (Å²) in [5, 5.41) is 4.61. The quantitative estimate of drug-likeness (QED) is 0.873. The third-order valence-corrected chi connectivity index (χ3v) is 4.33. The Morgan fingerprint density at radius 1 is 1.24 bits per heavy atom. The molecule has 112 valence electrons. The fourth-order valence-electron chi connectivity index (χ4n) is 2.96. The fraction of sp³-hybridized carbons (Fsp3) is 0.500. The summed E-state index contributed by atoms with van der Waals surface area (Å²) in [4.78, 5) is 4.41. The van der Waals surface area contributed by atoms with E-state index in [0.29, 0.717) is 6.04 Å². The van der Waals surface area contributed by atoms with Crippen molar-refractivity contribution in [2.45, 2.75) is 51.2 Å². The van der Waals surface area contributed by atoms with Gasteiger partial charge in [0.25, 0.3) is 0 Å². The van der Waals surface area contributed by atoms with Crippen molar-refractivity contribution < 1.29 is 4.74 Å². The molecule has 1 aromatic heterocycles. The van der Waals surface area contributed by atoms with Gasteiger partial charge >= 0.3 is 0 Å². The van der Waals surface area contributed by atoms with Gasteiger partial charge in [-0.1, -0.05) is 19.9 Å². The molecule has 1 heterocycles. The number of fused-ring (bicyclic) bond motifs is 1. The first-order valence-corrected chi connectivity index (χ1v) is 7.95. The van der Waals surface area contributed by atoms with Crippen LogP contribution in [0.3, 0.4) is 0 Å². The molecule has 0 aliphatic heterocycles. The van der Waals surface area contributed by atoms with Crippen LogP contribution in [0.4, 0.5) is 0 Å². The predicted octanol–water partition coefficient (Wildman–Crippen LogP) is 3.92. The second kappa shape index (κ2) is 6.02. The van der Waals surface area contributed by atoms with Crippen molar-refractivity contribution in [1.29, 1.82) is 0 Å². The lowest BCUT2D eigenvalue weighted by molar-refractivity contribution is -0.0132. The topological polar surface area (TPSA) is 34.1 Å². The van der Waals surface area contributed by atoms with Gasteiger partial charge in [0.2, 0.25) is 0 Å². The molecule has 1 saturated carbocycles. The van der Waals surface area contributed by atoms with Gasteiger partial charge in [-0.3, -0.25) is 4.98 Å². The molecule has 1 aliphatic carbocycles. The van der Waals surface area contributed by atoms with Crippen LogP contribution in [-0.2, 0) is 0 Å². The number of aromatic nitrogens is 1. The van der Waals surface area contributed by atoms with Crippen LogP contribution < -0.4 is 10.1 Å². The molecule has 0 amide bonds. The Balaban J connectivity index is 1.76. The SMILES string of the molecule is CC(C)NCCC1(Oc2cccc3ncccc23)CCC1. The Morgan fingerprint density at radius 3 is 2.81 bits per heavy atom. The van der Waals surface area contributed by atoms with Crippen molar-refractivity contribution in [1.82, 2.24) is 10.3 Å². The van der Waals surface area contributed by atoms with Crippen LogP contribution >= 0.6 is 0 Å². The van der Waals surface area contributed by atoms with Crippen molar-refractivity contribution >= 4 is 10.9 Å². The Morgan fingerprint density at radius 2 is 2.10 bits per heavy atom. The maximum Gasteiger partial charge on any atom is 0.129 e. The summed E-state index contributed by atoms with van der Waals surface area (Å²) >= 11 is 0. The number of hydrogen-bond donors (Lipinski definition) is 1. The van der Waals surface area contributed by atoms with Crippen molar-refractivity contribution in [2.75, 3.05) is 6.54 Å². The summed E-state index contributed by atoms with van der Waals surface area (Å²) in [5.74, 6) is 0.977. The van der Waals surface area contributed by atoms with Crippen LogP contribution in [0.1, 0.15) is 39.5 Å². The molecule has 3 rings (SSSR count). The average molecular weight is 284 g/mol. The number of nitrogens with zero attached hydrogens (tertiary/aromatic N) is 1. The van der Waals surface area contributed by atoms with Gasteiger partial charge in [-0.25, -0.2) is 0 Å². The highest BCUT2D eigenvalue weighted by molar-refractivity contribution is 5.84. The molecule has 1 N–H and O–H groups in total. The van der Waals surface area contributed by atoms with E-state index in [1.165, 1.54) is 6.42 Å². The first-order chi connectivity index (χ1) is 10.2. The van der Waals surface area contributed by atoms with Gasteiger partial charge in [-0.2, -0.15) is 0 Å². The van der Waals surface area contributed by atoms with E-state index in [1.54, 1.807) is 0 Å². The smallest absolute Gasteiger partial charge is 0.129 e. The molecule has 1 aromatic carbocycles. The minimum Gasteiger partial charge on any atom is -0.487 e. The number of benzene rings is 1. The van der Waals surface area contributed by atoms with Gasteiger partial charge in [0.15, 0.2) is 0 Å². The number of ether oxygens (including phenoxy) is 1. The molecular weight excluding hydrogens is 260 g/mol. The average Bonchev–Trinajstić information content (AvgIpc) is 2.44. The Bertz CT molecular complexity index is 600. The Labute approximate surface area is 126 Å². The molecule has 0 bridgehead atoms. The van der Waals surface area contributed by atoms with Crippen LogP contribution in [0.25, 0.3) is 10.9 Å². The maximum absolute atomic E-state index is 6.45. The maximum atomic E-state index is 6.45. The summed E-state index contributed by atoms with van der Waals surface area (Å²) in [6, 6.07) is 10.7. The third-order valence-electron chi connectivity index (χ3n) is 4.33. The molecule has 1 aliphatic rings. The highest BCUT2D eigenvalue weighted by atomic mass is 16.5. The predicted molar refractivity (Wildman–Crippen MR) is 86.7 cm³/mol. The minimum absolute atomic E-state index is 0.0199. The monoisotopic (exact) mass is 284 g/mol. The number of pyridine rings is 1. The zero-order valence-corrected chi connectivity index (χ0v) is 12.9. The van der Waals surface area contributed by atoms with Gasteiger partial charge in [0.05, 0.1) is 5.52 Å². The van der Waals surface area contributed by atoms with Crippen molar-refractivity contribution in [3.05, 3.63) is 36.5 Å².